The molecule has 0 amide bonds. The molecule has 0 bridgehead atoms. The highest BCUT2D eigenvalue weighted by molar-refractivity contribution is 5.90. The summed E-state index contributed by atoms with van der Waals surface area (Å²) in [7, 11) is 0. The van der Waals surface area contributed by atoms with Crippen LogP contribution in [0, 0.1) is 0 Å². The summed E-state index contributed by atoms with van der Waals surface area (Å²) >= 11 is 0. The number of hydrogen-bond donors (Lipinski definition) is 0. The van der Waals surface area contributed by atoms with Gasteiger partial charge in [0.2, 0.25) is 0 Å². The van der Waals surface area contributed by atoms with Crippen LogP contribution in [0.1, 0.15) is 84.6 Å². The van der Waals surface area contributed by atoms with Crippen LogP contribution in [0.15, 0.2) is 61.2 Å². The second kappa shape index (κ2) is 17.6. The molecule has 0 unspecified atom stereocenters. The van der Waals surface area contributed by atoms with Gasteiger partial charge in [-0.05, 0) is 67.6 Å². The number of carbonyl (C=O) groups excluding carboxylic acids is 3. The van der Waals surface area contributed by atoms with Crippen molar-refractivity contribution >= 4 is 17.9 Å². The Balaban J connectivity index is 1.16. The maximum atomic E-state index is 12.8. The predicted octanol–water partition coefficient (Wildman–Crippen LogP) is 6.03. The summed E-state index contributed by atoms with van der Waals surface area (Å²) in [6.45, 7) is 6.67. The Kier molecular flexibility index (Phi) is 13.3. The van der Waals surface area contributed by atoms with Crippen LogP contribution in [0.3, 0.4) is 0 Å². The fourth-order valence-corrected chi connectivity index (χ4v) is 5.27. The van der Waals surface area contributed by atoms with Gasteiger partial charge >= 0.3 is 17.9 Å². The Bertz CT molecular complexity index is 1210. The Morgan fingerprint density at radius 1 is 0.750 bits per heavy atom. The lowest BCUT2D eigenvalue weighted by atomic mass is 10.0. The first-order valence-electron chi connectivity index (χ1n) is 15.7. The molecule has 0 aliphatic carbocycles. The zero-order chi connectivity index (χ0) is 31.1. The fraction of sp³-hybridized carbons (Fsp3) is 0.514. The van der Waals surface area contributed by atoms with Crippen LogP contribution in [0.5, 0.6) is 5.75 Å². The number of unbranched alkanes of at least 4 members (excludes halogenated alkanes) is 6. The van der Waals surface area contributed by atoms with Crippen molar-refractivity contribution < 1.29 is 42.8 Å². The number of hydrogen-bond acceptors (Lipinski definition) is 9. The van der Waals surface area contributed by atoms with E-state index < -0.39 is 42.3 Å². The van der Waals surface area contributed by atoms with Crippen molar-refractivity contribution in [2.45, 2.75) is 89.1 Å². The van der Waals surface area contributed by atoms with E-state index in [-0.39, 0.29) is 13.2 Å². The quantitative estimate of drug-likeness (QED) is 0.0868. The second-order valence-electron chi connectivity index (χ2n) is 11.1. The SMILES string of the molecule is C=CC(=O)OCCCCOc1ccc(C(=O)O[C@H]2CO[C@H]3[C@@H]2OC[C@H]3OC(=O)c2ccc(CCCCCCCC)cc2)cc1. The molecular weight excluding hydrogens is 564 g/mol. The average molecular weight is 609 g/mol. The van der Waals surface area contributed by atoms with Crippen LogP contribution in [-0.4, -0.2) is 68.8 Å². The maximum Gasteiger partial charge on any atom is 0.338 e. The number of rotatable bonds is 18. The zero-order valence-electron chi connectivity index (χ0n) is 25.6. The molecule has 2 saturated heterocycles. The molecule has 0 aromatic heterocycles. The third kappa shape index (κ3) is 9.92. The number of aryl methyl sites for hydroxylation is 1. The van der Waals surface area contributed by atoms with Crippen molar-refractivity contribution in [3.63, 3.8) is 0 Å². The molecule has 2 heterocycles. The number of carbonyl (C=O) groups is 3. The molecule has 0 saturated carbocycles. The summed E-state index contributed by atoms with van der Waals surface area (Å²) in [5.41, 5.74) is 2.08. The topological polar surface area (TPSA) is 107 Å². The Morgan fingerprint density at radius 2 is 1.30 bits per heavy atom. The zero-order valence-corrected chi connectivity index (χ0v) is 25.6. The number of ether oxygens (including phenoxy) is 6. The highest BCUT2D eigenvalue weighted by Gasteiger charge is 2.51. The minimum absolute atomic E-state index is 0.158. The first-order chi connectivity index (χ1) is 21.5. The van der Waals surface area contributed by atoms with E-state index in [2.05, 4.69) is 13.5 Å². The fourth-order valence-electron chi connectivity index (χ4n) is 5.27. The van der Waals surface area contributed by atoms with Crippen molar-refractivity contribution in [1.82, 2.24) is 0 Å². The lowest BCUT2D eigenvalue weighted by Crippen LogP contribution is -2.36. The summed E-state index contributed by atoms with van der Waals surface area (Å²) < 4.78 is 33.8. The molecule has 2 aromatic rings. The van der Waals surface area contributed by atoms with Crippen LogP contribution >= 0.6 is 0 Å². The minimum Gasteiger partial charge on any atom is -0.494 e. The number of fused-ring (bicyclic) bond motifs is 1. The normalized spacial score (nSPS) is 20.5. The summed E-state index contributed by atoms with van der Waals surface area (Å²) in [4.78, 5) is 36.7. The molecule has 4 rings (SSSR count). The lowest BCUT2D eigenvalue weighted by Gasteiger charge is -2.17. The first kappa shape index (κ1) is 33.2. The second-order valence-corrected chi connectivity index (χ2v) is 11.1. The molecule has 2 aliphatic heterocycles. The molecular formula is C35H44O9. The molecule has 44 heavy (non-hydrogen) atoms. The molecule has 9 heteroatoms. The van der Waals surface area contributed by atoms with Gasteiger partial charge in [0.05, 0.1) is 37.6 Å². The van der Waals surface area contributed by atoms with E-state index in [1.807, 2.05) is 24.3 Å². The minimum atomic E-state index is -0.608. The standard InChI is InChI=1S/C35H44O9/c1-3-5-6-7-8-9-12-25-13-15-26(16-14-25)34(37)43-29-23-41-33-30(24-42-32(29)33)44-35(38)27-17-19-28(20-18-27)39-21-10-11-22-40-31(36)4-2/h4,13-20,29-30,32-33H,2-3,5-12,21-24H2,1H3/t29-,30+,32-,33-/m1/s1. The summed E-state index contributed by atoms with van der Waals surface area (Å²) in [5, 5.41) is 0. The largest absolute Gasteiger partial charge is 0.494 e. The summed E-state index contributed by atoms with van der Waals surface area (Å²) in [6.07, 6.45) is 8.82. The van der Waals surface area contributed by atoms with Crippen LogP contribution in [0.2, 0.25) is 0 Å². The van der Waals surface area contributed by atoms with E-state index in [0.717, 1.165) is 18.9 Å². The highest BCUT2D eigenvalue weighted by Crippen LogP contribution is 2.31. The maximum absolute atomic E-state index is 12.8. The van der Waals surface area contributed by atoms with Crippen molar-refractivity contribution in [2.75, 3.05) is 26.4 Å². The monoisotopic (exact) mass is 608 g/mol. The third-order valence-corrected chi connectivity index (χ3v) is 7.80. The smallest absolute Gasteiger partial charge is 0.338 e. The van der Waals surface area contributed by atoms with Crippen molar-refractivity contribution in [3.05, 3.63) is 77.9 Å². The van der Waals surface area contributed by atoms with Gasteiger partial charge in [-0.3, -0.25) is 0 Å². The van der Waals surface area contributed by atoms with E-state index in [1.165, 1.54) is 37.7 Å². The van der Waals surface area contributed by atoms with E-state index in [4.69, 9.17) is 28.4 Å². The van der Waals surface area contributed by atoms with Gasteiger partial charge in [-0.15, -0.1) is 0 Å². The lowest BCUT2D eigenvalue weighted by molar-refractivity contribution is -0.137. The third-order valence-electron chi connectivity index (χ3n) is 7.80. The van der Waals surface area contributed by atoms with Gasteiger partial charge in [0.25, 0.3) is 0 Å². The van der Waals surface area contributed by atoms with Crippen LogP contribution < -0.4 is 4.74 Å². The molecule has 2 aliphatic rings. The summed E-state index contributed by atoms with van der Waals surface area (Å²) in [5.74, 6) is -0.746. The molecule has 2 aromatic carbocycles. The Hall–Kier alpha value is -3.69. The molecule has 2 fully saturated rings. The van der Waals surface area contributed by atoms with E-state index in [9.17, 15) is 14.4 Å². The molecule has 9 nitrogen and oxygen atoms in total. The molecule has 4 atom stereocenters. The summed E-state index contributed by atoms with van der Waals surface area (Å²) in [6, 6.07) is 14.3. The van der Waals surface area contributed by atoms with Crippen molar-refractivity contribution in [1.29, 1.82) is 0 Å². The van der Waals surface area contributed by atoms with Crippen LogP contribution in [0.4, 0.5) is 0 Å². The average Bonchev–Trinajstić information content (AvgIpc) is 3.63. The van der Waals surface area contributed by atoms with Gasteiger partial charge in [-0.25, -0.2) is 14.4 Å². The Morgan fingerprint density at radius 3 is 1.89 bits per heavy atom. The predicted molar refractivity (Wildman–Crippen MR) is 164 cm³/mol. The number of benzene rings is 2. The molecule has 0 spiro atoms. The molecule has 0 radical (unpaired) electrons. The van der Waals surface area contributed by atoms with Crippen LogP contribution in [0.25, 0.3) is 0 Å². The van der Waals surface area contributed by atoms with Crippen LogP contribution in [-0.2, 0) is 34.9 Å². The van der Waals surface area contributed by atoms with Gasteiger partial charge in [-0.1, -0.05) is 57.7 Å². The van der Waals surface area contributed by atoms with Gasteiger partial charge in [-0.2, -0.15) is 0 Å². The van der Waals surface area contributed by atoms with Gasteiger partial charge in [0, 0.05) is 6.08 Å². The number of esters is 3. The van der Waals surface area contributed by atoms with Gasteiger partial charge in [0.1, 0.15) is 18.0 Å². The highest BCUT2D eigenvalue weighted by atomic mass is 16.7. The van der Waals surface area contributed by atoms with Gasteiger partial charge in [0.15, 0.2) is 12.2 Å². The van der Waals surface area contributed by atoms with E-state index in [1.54, 1.807) is 24.3 Å². The molecule has 238 valence electrons. The van der Waals surface area contributed by atoms with E-state index in [0.29, 0.717) is 42.9 Å². The Labute approximate surface area is 259 Å². The first-order valence-corrected chi connectivity index (χ1v) is 15.7. The van der Waals surface area contributed by atoms with E-state index >= 15 is 0 Å². The molecule has 0 N–H and O–H groups in total. The van der Waals surface area contributed by atoms with Gasteiger partial charge < -0.3 is 28.4 Å². The van der Waals surface area contributed by atoms with Crippen molar-refractivity contribution in [2.24, 2.45) is 0 Å². The van der Waals surface area contributed by atoms with Crippen molar-refractivity contribution in [3.8, 4) is 5.75 Å².